The molecular weight excluding hydrogens is 130 g/mol. The maximum Gasteiger partial charge on any atom is 0.168 e. The SMILES string of the molecule is CCNn1ncc(N)c1N. The molecule has 0 aliphatic carbocycles. The Hall–Kier alpha value is -1.39. The first-order chi connectivity index (χ1) is 4.75. The van der Waals surface area contributed by atoms with Gasteiger partial charge < -0.3 is 16.9 Å². The molecule has 5 nitrogen and oxygen atoms in total. The van der Waals surface area contributed by atoms with E-state index in [1.54, 1.807) is 0 Å². The first-order valence-electron chi connectivity index (χ1n) is 3.08. The molecule has 0 unspecified atom stereocenters. The van der Waals surface area contributed by atoms with Gasteiger partial charge in [0.2, 0.25) is 0 Å². The van der Waals surface area contributed by atoms with Gasteiger partial charge in [-0.3, -0.25) is 0 Å². The lowest BCUT2D eigenvalue weighted by Gasteiger charge is -2.03. The Bertz CT molecular complexity index is 216. The van der Waals surface area contributed by atoms with E-state index in [-0.39, 0.29) is 0 Å². The van der Waals surface area contributed by atoms with E-state index in [9.17, 15) is 0 Å². The van der Waals surface area contributed by atoms with Crippen molar-refractivity contribution in [1.29, 1.82) is 0 Å². The predicted molar refractivity (Wildman–Crippen MR) is 41.0 cm³/mol. The molecule has 0 saturated heterocycles. The summed E-state index contributed by atoms with van der Waals surface area (Å²) < 4.78 is 0. The van der Waals surface area contributed by atoms with Crippen molar-refractivity contribution in [2.24, 2.45) is 0 Å². The number of hydrogen-bond donors (Lipinski definition) is 3. The van der Waals surface area contributed by atoms with Gasteiger partial charge in [-0.05, 0) is 6.92 Å². The standard InChI is InChI=1S/C5H11N5/c1-2-8-10-5(7)4(6)3-9-10/h3,8H,2,6-7H2,1H3. The summed E-state index contributed by atoms with van der Waals surface area (Å²) in [5.41, 5.74) is 14.3. The highest BCUT2D eigenvalue weighted by Gasteiger charge is 2.00. The Labute approximate surface area is 59.0 Å². The average molecular weight is 141 g/mol. The first-order valence-corrected chi connectivity index (χ1v) is 3.08. The van der Waals surface area contributed by atoms with E-state index < -0.39 is 0 Å². The van der Waals surface area contributed by atoms with Gasteiger partial charge in [0.05, 0.1) is 11.9 Å². The van der Waals surface area contributed by atoms with Gasteiger partial charge in [0.25, 0.3) is 0 Å². The minimum atomic E-state index is 0.460. The fourth-order valence-electron chi connectivity index (χ4n) is 0.646. The van der Waals surface area contributed by atoms with Crippen LogP contribution in [0.4, 0.5) is 11.5 Å². The van der Waals surface area contributed by atoms with Gasteiger partial charge in [-0.2, -0.15) is 9.89 Å². The fourth-order valence-corrected chi connectivity index (χ4v) is 0.646. The van der Waals surface area contributed by atoms with Crippen LogP contribution in [0.15, 0.2) is 6.20 Å². The molecule has 0 bridgehead atoms. The molecule has 1 heterocycles. The molecule has 0 atom stereocenters. The van der Waals surface area contributed by atoms with Gasteiger partial charge in [-0.25, -0.2) is 0 Å². The van der Waals surface area contributed by atoms with Gasteiger partial charge in [-0.1, -0.05) is 0 Å². The lowest BCUT2D eigenvalue weighted by Crippen LogP contribution is -2.17. The van der Waals surface area contributed by atoms with E-state index >= 15 is 0 Å². The molecule has 0 amide bonds. The molecule has 0 spiro atoms. The quantitative estimate of drug-likeness (QED) is 0.524. The Morgan fingerprint density at radius 2 is 2.40 bits per heavy atom. The maximum atomic E-state index is 5.50. The molecule has 0 aliphatic rings. The number of nitrogen functional groups attached to an aromatic ring is 2. The number of anilines is 2. The second-order valence-electron chi connectivity index (χ2n) is 1.91. The molecular formula is C5H11N5. The van der Waals surface area contributed by atoms with Crippen LogP contribution in [0, 0.1) is 0 Å². The highest BCUT2D eigenvalue weighted by Crippen LogP contribution is 2.09. The zero-order valence-corrected chi connectivity index (χ0v) is 5.83. The molecule has 10 heavy (non-hydrogen) atoms. The van der Waals surface area contributed by atoms with E-state index in [0.717, 1.165) is 6.54 Å². The van der Waals surface area contributed by atoms with Crippen molar-refractivity contribution in [3.63, 3.8) is 0 Å². The number of rotatable bonds is 2. The lowest BCUT2D eigenvalue weighted by atomic mass is 10.5. The van der Waals surface area contributed by atoms with Crippen molar-refractivity contribution in [2.45, 2.75) is 6.92 Å². The van der Waals surface area contributed by atoms with Gasteiger partial charge in [-0.15, -0.1) is 0 Å². The molecule has 0 fully saturated rings. The van der Waals surface area contributed by atoms with Crippen LogP contribution in [0.2, 0.25) is 0 Å². The lowest BCUT2D eigenvalue weighted by molar-refractivity contribution is 0.757. The minimum absolute atomic E-state index is 0.460. The van der Waals surface area contributed by atoms with E-state index in [1.165, 1.54) is 11.0 Å². The van der Waals surface area contributed by atoms with Crippen molar-refractivity contribution >= 4 is 11.5 Å². The summed E-state index contributed by atoms with van der Waals surface area (Å²) in [7, 11) is 0. The van der Waals surface area contributed by atoms with E-state index in [2.05, 4.69) is 10.5 Å². The summed E-state index contributed by atoms with van der Waals surface area (Å²) in [5.74, 6) is 0.460. The highest BCUT2D eigenvalue weighted by molar-refractivity contribution is 5.57. The second-order valence-corrected chi connectivity index (χ2v) is 1.91. The normalized spacial score (nSPS) is 9.70. The predicted octanol–water partition coefficient (Wildman–Crippen LogP) is -0.389. The van der Waals surface area contributed by atoms with Crippen LogP contribution in [0.1, 0.15) is 6.92 Å². The molecule has 0 aliphatic heterocycles. The highest BCUT2D eigenvalue weighted by atomic mass is 15.6. The van der Waals surface area contributed by atoms with Crippen LogP contribution in [0.25, 0.3) is 0 Å². The summed E-state index contributed by atoms with van der Waals surface area (Å²) in [4.78, 5) is 1.45. The van der Waals surface area contributed by atoms with Crippen LogP contribution in [-0.4, -0.2) is 16.4 Å². The first kappa shape index (κ1) is 6.73. The number of hydrogen-bond acceptors (Lipinski definition) is 4. The maximum absolute atomic E-state index is 5.50. The number of nitrogens with two attached hydrogens (primary N) is 2. The Morgan fingerprint density at radius 3 is 2.80 bits per heavy atom. The van der Waals surface area contributed by atoms with Gasteiger partial charge in [0, 0.05) is 6.54 Å². The van der Waals surface area contributed by atoms with E-state index in [4.69, 9.17) is 11.5 Å². The number of aromatic nitrogens is 2. The van der Waals surface area contributed by atoms with E-state index in [0.29, 0.717) is 11.5 Å². The Balaban J connectivity index is 2.83. The molecule has 1 aromatic rings. The molecule has 5 N–H and O–H groups in total. The van der Waals surface area contributed by atoms with Crippen LogP contribution >= 0.6 is 0 Å². The minimum Gasteiger partial charge on any atom is -0.394 e. The Kier molecular flexibility index (Phi) is 1.66. The molecule has 1 rings (SSSR count). The number of nitrogens with one attached hydrogen (secondary N) is 1. The molecule has 0 aromatic carbocycles. The smallest absolute Gasteiger partial charge is 0.168 e. The summed E-state index contributed by atoms with van der Waals surface area (Å²) in [6, 6.07) is 0. The van der Waals surface area contributed by atoms with Crippen LogP contribution in [-0.2, 0) is 0 Å². The van der Waals surface area contributed by atoms with Crippen molar-refractivity contribution in [2.75, 3.05) is 23.4 Å². The van der Waals surface area contributed by atoms with Crippen LogP contribution in [0.5, 0.6) is 0 Å². The zero-order valence-electron chi connectivity index (χ0n) is 5.83. The third-order valence-corrected chi connectivity index (χ3v) is 1.14. The molecule has 5 heteroatoms. The molecule has 56 valence electrons. The van der Waals surface area contributed by atoms with Gasteiger partial charge in [0.15, 0.2) is 5.82 Å². The van der Waals surface area contributed by atoms with Crippen LogP contribution < -0.4 is 16.9 Å². The average Bonchev–Trinajstić information content (AvgIpc) is 2.20. The largest absolute Gasteiger partial charge is 0.394 e. The summed E-state index contributed by atoms with van der Waals surface area (Å²) in [5, 5.41) is 3.86. The summed E-state index contributed by atoms with van der Waals surface area (Å²) in [6.07, 6.45) is 1.51. The van der Waals surface area contributed by atoms with Crippen molar-refractivity contribution in [3.8, 4) is 0 Å². The molecule has 0 saturated carbocycles. The van der Waals surface area contributed by atoms with Gasteiger partial charge in [0.1, 0.15) is 0 Å². The second kappa shape index (κ2) is 2.47. The van der Waals surface area contributed by atoms with Crippen molar-refractivity contribution in [3.05, 3.63) is 6.20 Å². The van der Waals surface area contributed by atoms with Crippen molar-refractivity contribution in [1.82, 2.24) is 9.89 Å². The third kappa shape index (κ3) is 0.975. The Morgan fingerprint density at radius 1 is 1.70 bits per heavy atom. The zero-order chi connectivity index (χ0) is 7.56. The summed E-state index contributed by atoms with van der Waals surface area (Å²) in [6.45, 7) is 2.72. The molecule has 0 radical (unpaired) electrons. The monoisotopic (exact) mass is 141 g/mol. The summed E-state index contributed by atoms with van der Waals surface area (Å²) >= 11 is 0. The third-order valence-electron chi connectivity index (χ3n) is 1.14. The number of nitrogens with zero attached hydrogens (tertiary/aromatic N) is 2. The van der Waals surface area contributed by atoms with Crippen LogP contribution in [0.3, 0.4) is 0 Å². The fraction of sp³-hybridized carbons (Fsp3) is 0.400. The topological polar surface area (TPSA) is 81.9 Å². The van der Waals surface area contributed by atoms with E-state index in [1.807, 2.05) is 6.92 Å². The van der Waals surface area contributed by atoms with Gasteiger partial charge >= 0.3 is 0 Å². The van der Waals surface area contributed by atoms with Crippen molar-refractivity contribution < 1.29 is 0 Å². The molecule has 1 aromatic heterocycles.